The van der Waals surface area contributed by atoms with Gasteiger partial charge in [-0.05, 0) is 36.4 Å². The van der Waals surface area contributed by atoms with E-state index in [-0.39, 0.29) is 0 Å². The van der Waals surface area contributed by atoms with Crippen molar-refractivity contribution in [1.82, 2.24) is 14.5 Å². The first-order valence-corrected chi connectivity index (χ1v) is 9.88. The summed E-state index contributed by atoms with van der Waals surface area (Å²) in [5.74, 6) is 3.32. The molecule has 4 aromatic rings. The molecule has 0 aliphatic heterocycles. The minimum absolute atomic E-state index is 0.299. The fourth-order valence-electron chi connectivity index (χ4n) is 3.21. The SMILES string of the molecule is C#CCn1c(-c2c(Cl)cccc2Cl)nc(-c2ccncc2)c1-c1ccc(Cl)cc1. The third kappa shape index (κ3) is 3.75. The van der Waals surface area contributed by atoms with Gasteiger partial charge in [-0.2, -0.15) is 0 Å². The molecule has 0 spiro atoms. The van der Waals surface area contributed by atoms with E-state index in [1.54, 1.807) is 30.6 Å². The van der Waals surface area contributed by atoms with Crippen LogP contribution in [0.25, 0.3) is 33.9 Å². The fourth-order valence-corrected chi connectivity index (χ4v) is 3.90. The smallest absolute Gasteiger partial charge is 0.145 e. The van der Waals surface area contributed by atoms with Crippen LogP contribution in [0.5, 0.6) is 0 Å². The van der Waals surface area contributed by atoms with Crippen LogP contribution in [-0.4, -0.2) is 14.5 Å². The summed E-state index contributed by atoms with van der Waals surface area (Å²) >= 11 is 19.1. The number of imidazole rings is 1. The molecule has 2 aromatic carbocycles. The number of benzene rings is 2. The first-order chi connectivity index (χ1) is 14.1. The van der Waals surface area contributed by atoms with Gasteiger partial charge in [0, 0.05) is 28.5 Å². The molecule has 4 rings (SSSR count). The molecule has 0 amide bonds. The molecule has 0 bridgehead atoms. The summed E-state index contributed by atoms with van der Waals surface area (Å²) in [7, 11) is 0. The number of rotatable bonds is 4. The van der Waals surface area contributed by atoms with Crippen LogP contribution in [0.3, 0.4) is 0 Å². The largest absolute Gasteiger partial charge is 0.312 e. The van der Waals surface area contributed by atoms with E-state index in [4.69, 9.17) is 46.2 Å². The highest BCUT2D eigenvalue weighted by Gasteiger charge is 2.23. The van der Waals surface area contributed by atoms with E-state index in [9.17, 15) is 0 Å². The van der Waals surface area contributed by atoms with Crippen molar-refractivity contribution in [2.75, 3.05) is 0 Å². The van der Waals surface area contributed by atoms with E-state index in [1.165, 1.54) is 0 Å². The molecule has 0 unspecified atom stereocenters. The standard InChI is InChI=1S/C23H14Cl3N3/c1-2-14-29-22(16-6-8-17(24)9-7-16)21(15-10-12-27-13-11-15)28-23(29)20-18(25)4-3-5-19(20)26/h1,3-13H,14H2. The molecule has 29 heavy (non-hydrogen) atoms. The molecule has 0 aliphatic carbocycles. The summed E-state index contributed by atoms with van der Waals surface area (Å²) < 4.78 is 1.95. The summed E-state index contributed by atoms with van der Waals surface area (Å²) in [6, 6.07) is 16.7. The molecule has 2 aromatic heterocycles. The highest BCUT2D eigenvalue weighted by molar-refractivity contribution is 6.39. The topological polar surface area (TPSA) is 30.7 Å². The first-order valence-electron chi connectivity index (χ1n) is 8.75. The average Bonchev–Trinajstić information content (AvgIpc) is 3.08. The van der Waals surface area contributed by atoms with Crippen molar-refractivity contribution in [3.8, 4) is 46.2 Å². The van der Waals surface area contributed by atoms with Crippen LogP contribution in [0.2, 0.25) is 15.1 Å². The van der Waals surface area contributed by atoms with Crippen molar-refractivity contribution in [2.45, 2.75) is 6.54 Å². The van der Waals surface area contributed by atoms with Crippen LogP contribution in [0, 0.1) is 12.3 Å². The molecular weight excluding hydrogens is 425 g/mol. The van der Waals surface area contributed by atoms with E-state index in [0.29, 0.717) is 33.0 Å². The summed E-state index contributed by atoms with van der Waals surface area (Å²) in [4.78, 5) is 9.04. The van der Waals surface area contributed by atoms with Crippen LogP contribution in [0.15, 0.2) is 67.0 Å². The number of halogens is 3. The zero-order valence-corrected chi connectivity index (χ0v) is 17.4. The van der Waals surface area contributed by atoms with Gasteiger partial charge in [0.05, 0.1) is 33.5 Å². The summed E-state index contributed by atoms with van der Waals surface area (Å²) in [5.41, 5.74) is 4.10. The molecule has 0 N–H and O–H groups in total. The first kappa shape index (κ1) is 19.5. The van der Waals surface area contributed by atoms with E-state index < -0.39 is 0 Å². The maximum atomic E-state index is 6.49. The molecule has 2 heterocycles. The lowest BCUT2D eigenvalue weighted by atomic mass is 10.1. The minimum atomic E-state index is 0.299. The van der Waals surface area contributed by atoms with Crippen molar-refractivity contribution >= 4 is 34.8 Å². The van der Waals surface area contributed by atoms with E-state index >= 15 is 0 Å². The maximum Gasteiger partial charge on any atom is 0.145 e. The second-order valence-corrected chi connectivity index (χ2v) is 7.51. The van der Waals surface area contributed by atoms with Gasteiger partial charge < -0.3 is 4.57 Å². The van der Waals surface area contributed by atoms with Gasteiger partial charge in [0.1, 0.15) is 5.82 Å². The van der Waals surface area contributed by atoms with Gasteiger partial charge in [-0.15, -0.1) is 6.42 Å². The van der Waals surface area contributed by atoms with E-state index in [2.05, 4.69) is 10.9 Å². The van der Waals surface area contributed by atoms with Crippen molar-refractivity contribution in [2.24, 2.45) is 0 Å². The number of pyridine rings is 1. The van der Waals surface area contributed by atoms with Crippen LogP contribution in [0.4, 0.5) is 0 Å². The molecule has 142 valence electrons. The normalized spacial score (nSPS) is 10.7. The third-order valence-electron chi connectivity index (χ3n) is 4.47. The van der Waals surface area contributed by atoms with Gasteiger partial charge in [-0.1, -0.05) is 58.9 Å². The zero-order valence-electron chi connectivity index (χ0n) is 15.1. The predicted octanol–water partition coefficient (Wildman–Crippen LogP) is 6.87. The van der Waals surface area contributed by atoms with Gasteiger partial charge in [0.25, 0.3) is 0 Å². The Morgan fingerprint density at radius 2 is 1.52 bits per heavy atom. The Balaban J connectivity index is 2.08. The second kappa shape index (κ2) is 8.31. The van der Waals surface area contributed by atoms with Crippen molar-refractivity contribution in [1.29, 1.82) is 0 Å². The Morgan fingerprint density at radius 3 is 2.14 bits per heavy atom. The molecule has 6 heteroatoms. The van der Waals surface area contributed by atoms with E-state index in [0.717, 1.165) is 22.5 Å². The number of hydrogen-bond acceptors (Lipinski definition) is 2. The highest BCUT2D eigenvalue weighted by Crippen LogP contribution is 2.40. The predicted molar refractivity (Wildman–Crippen MR) is 120 cm³/mol. The van der Waals surface area contributed by atoms with Gasteiger partial charge in [-0.25, -0.2) is 4.98 Å². The quantitative estimate of drug-likeness (QED) is 0.325. The van der Waals surface area contributed by atoms with Crippen molar-refractivity contribution < 1.29 is 0 Å². The van der Waals surface area contributed by atoms with Crippen molar-refractivity contribution in [3.05, 3.63) is 82.1 Å². The summed E-state index contributed by atoms with van der Waals surface area (Å²) in [6.45, 7) is 0.299. The average molecular weight is 439 g/mol. The van der Waals surface area contributed by atoms with Gasteiger partial charge in [0.15, 0.2) is 0 Å². The molecule has 3 nitrogen and oxygen atoms in total. The minimum Gasteiger partial charge on any atom is -0.312 e. The highest BCUT2D eigenvalue weighted by atomic mass is 35.5. The van der Waals surface area contributed by atoms with Crippen LogP contribution >= 0.6 is 34.8 Å². The zero-order chi connectivity index (χ0) is 20.4. The van der Waals surface area contributed by atoms with E-state index in [1.807, 2.05) is 41.0 Å². The van der Waals surface area contributed by atoms with Gasteiger partial charge in [0.2, 0.25) is 0 Å². The monoisotopic (exact) mass is 437 g/mol. The fraction of sp³-hybridized carbons (Fsp3) is 0.0435. The molecule has 0 radical (unpaired) electrons. The van der Waals surface area contributed by atoms with Crippen molar-refractivity contribution in [3.63, 3.8) is 0 Å². The lowest BCUT2D eigenvalue weighted by Gasteiger charge is -2.12. The molecule has 0 saturated heterocycles. The van der Waals surface area contributed by atoms with Crippen LogP contribution < -0.4 is 0 Å². The molecule has 0 aliphatic rings. The van der Waals surface area contributed by atoms with Crippen LogP contribution in [-0.2, 0) is 6.54 Å². The molecular formula is C23H14Cl3N3. The Hall–Kier alpha value is -2.77. The van der Waals surface area contributed by atoms with Gasteiger partial charge in [-0.3, -0.25) is 4.98 Å². The third-order valence-corrected chi connectivity index (χ3v) is 5.36. The number of nitrogens with zero attached hydrogens (tertiary/aromatic N) is 3. The number of terminal acetylenes is 1. The maximum absolute atomic E-state index is 6.49. The summed E-state index contributed by atoms with van der Waals surface area (Å²) in [5, 5.41) is 1.66. The molecule has 0 fully saturated rings. The molecule has 0 saturated carbocycles. The Kier molecular flexibility index (Phi) is 5.60. The Morgan fingerprint density at radius 1 is 0.862 bits per heavy atom. The summed E-state index contributed by atoms with van der Waals surface area (Å²) in [6.07, 6.45) is 9.16. The lowest BCUT2D eigenvalue weighted by molar-refractivity contribution is 0.859. The van der Waals surface area contributed by atoms with Crippen LogP contribution in [0.1, 0.15) is 0 Å². The molecule has 0 atom stereocenters. The van der Waals surface area contributed by atoms with Gasteiger partial charge >= 0.3 is 0 Å². The second-order valence-electron chi connectivity index (χ2n) is 6.26. The Labute approximate surface area is 183 Å². The number of aromatic nitrogens is 3. The Bertz CT molecular complexity index is 1190. The lowest BCUT2D eigenvalue weighted by Crippen LogP contribution is -2.02. The number of hydrogen-bond donors (Lipinski definition) is 0.